The molecule has 7 aliphatic rings. The number of hydrogen-bond donors (Lipinski definition) is 0. The Morgan fingerprint density at radius 2 is 0.931 bits per heavy atom. The lowest BCUT2D eigenvalue weighted by molar-refractivity contribution is -0.00491. The van der Waals surface area contributed by atoms with Gasteiger partial charge in [0, 0.05) is 17.1 Å². The Morgan fingerprint density at radius 1 is 0.414 bits per heavy atom. The van der Waals surface area contributed by atoms with Gasteiger partial charge < -0.3 is 4.90 Å². The lowest BCUT2D eigenvalue weighted by Gasteiger charge is -2.57. The van der Waals surface area contributed by atoms with E-state index in [1.165, 1.54) is 137 Å². The predicted molar refractivity (Wildman–Crippen MR) is 239 cm³/mol. The smallest absolute Gasteiger partial charge is 0.0726 e. The van der Waals surface area contributed by atoms with Gasteiger partial charge in [0.15, 0.2) is 0 Å². The van der Waals surface area contributed by atoms with Crippen LogP contribution in [0.2, 0.25) is 0 Å². The van der Waals surface area contributed by atoms with Gasteiger partial charge in [-0.2, -0.15) is 0 Å². The number of benzene rings is 7. The van der Waals surface area contributed by atoms with Gasteiger partial charge in [0.2, 0.25) is 0 Å². The highest BCUT2D eigenvalue weighted by Gasteiger charge is 2.54. The number of rotatable bonds is 5. The van der Waals surface area contributed by atoms with Crippen molar-refractivity contribution in [3.63, 3.8) is 0 Å². The van der Waals surface area contributed by atoms with Crippen molar-refractivity contribution in [3.05, 3.63) is 197 Å². The van der Waals surface area contributed by atoms with Crippen molar-refractivity contribution < 1.29 is 0 Å². The van der Waals surface area contributed by atoms with Gasteiger partial charge >= 0.3 is 0 Å². The van der Waals surface area contributed by atoms with Gasteiger partial charge in [-0.1, -0.05) is 127 Å². The van der Waals surface area contributed by atoms with E-state index < -0.39 is 0 Å². The van der Waals surface area contributed by atoms with Gasteiger partial charge in [0.05, 0.1) is 5.41 Å². The van der Waals surface area contributed by atoms with Crippen LogP contribution in [0.25, 0.3) is 33.4 Å². The Balaban J connectivity index is 1.03. The predicted octanol–water partition coefficient (Wildman–Crippen LogP) is 14.5. The molecule has 1 spiro atoms. The number of fused-ring (bicyclic) bond motifs is 11. The first kappa shape index (κ1) is 33.3. The fraction of sp³-hybridized carbons (Fsp3) is 0.263. The molecule has 4 bridgehead atoms. The fourth-order valence-corrected chi connectivity index (χ4v) is 14.0. The van der Waals surface area contributed by atoms with Crippen molar-refractivity contribution in [2.75, 3.05) is 4.90 Å². The number of nitrogens with zero attached hydrogens (tertiary/aromatic N) is 1. The number of para-hydroxylation sites is 1. The molecular weight excluding hydrogens is 699 g/mol. The summed E-state index contributed by atoms with van der Waals surface area (Å²) >= 11 is 0. The third-order valence-electron chi connectivity index (χ3n) is 15.8. The lowest BCUT2D eigenvalue weighted by Crippen LogP contribution is -2.48. The van der Waals surface area contributed by atoms with Crippen LogP contribution in [-0.2, 0) is 23.7 Å². The van der Waals surface area contributed by atoms with Crippen LogP contribution in [0.5, 0.6) is 0 Å². The molecule has 0 radical (unpaired) electrons. The van der Waals surface area contributed by atoms with Crippen molar-refractivity contribution in [1.29, 1.82) is 0 Å². The zero-order chi connectivity index (χ0) is 38.0. The molecule has 0 saturated heterocycles. The largest absolute Gasteiger partial charge is 0.310 e. The minimum Gasteiger partial charge on any atom is -0.310 e. The van der Waals surface area contributed by atoms with Crippen molar-refractivity contribution in [2.45, 2.75) is 75.0 Å². The quantitative estimate of drug-likeness (QED) is 0.169. The van der Waals surface area contributed by atoms with E-state index in [0.29, 0.717) is 0 Å². The fourth-order valence-electron chi connectivity index (χ4n) is 14.0. The van der Waals surface area contributed by atoms with E-state index in [1.54, 1.807) is 16.7 Å². The molecule has 7 aromatic rings. The SMILES string of the molecule is c1ccc2c(c1)-c1ccccc1C21c2ccccc2-c2ccc(N(c3ccc(-c4cccc5c4CCCC5)cc3)c3ccccc3C34CC5CC(CC(C5)C3)C4)cc21. The summed E-state index contributed by atoms with van der Waals surface area (Å²) in [5.41, 5.74) is 22.2. The van der Waals surface area contributed by atoms with Gasteiger partial charge in [-0.15, -0.1) is 0 Å². The average molecular weight is 748 g/mol. The molecule has 58 heavy (non-hydrogen) atoms. The van der Waals surface area contributed by atoms with Crippen LogP contribution in [-0.4, -0.2) is 0 Å². The third-order valence-corrected chi connectivity index (χ3v) is 15.8. The molecule has 0 atom stereocenters. The Bertz CT molecular complexity index is 2690. The first-order valence-corrected chi connectivity index (χ1v) is 22.2. The van der Waals surface area contributed by atoms with E-state index in [1.807, 2.05) is 0 Å². The number of hydrogen-bond acceptors (Lipinski definition) is 1. The molecular formula is C57H49N. The molecule has 7 aromatic carbocycles. The van der Waals surface area contributed by atoms with E-state index in [-0.39, 0.29) is 10.8 Å². The monoisotopic (exact) mass is 747 g/mol. The van der Waals surface area contributed by atoms with Crippen LogP contribution < -0.4 is 4.90 Å². The molecule has 1 nitrogen and oxygen atoms in total. The summed E-state index contributed by atoms with van der Waals surface area (Å²) in [6.45, 7) is 0. The van der Waals surface area contributed by atoms with Crippen LogP contribution in [0, 0.1) is 17.8 Å². The van der Waals surface area contributed by atoms with Crippen molar-refractivity contribution >= 4 is 17.1 Å². The van der Waals surface area contributed by atoms with Gasteiger partial charge in [0.1, 0.15) is 0 Å². The second kappa shape index (κ2) is 12.4. The molecule has 4 saturated carbocycles. The second-order valence-electron chi connectivity index (χ2n) is 18.9. The molecule has 1 heteroatoms. The Hall–Kier alpha value is -5.66. The normalized spacial score (nSPS) is 23.6. The zero-order valence-corrected chi connectivity index (χ0v) is 33.3. The van der Waals surface area contributed by atoms with Crippen molar-refractivity contribution in [3.8, 4) is 33.4 Å². The Morgan fingerprint density at radius 3 is 1.57 bits per heavy atom. The summed E-state index contributed by atoms with van der Waals surface area (Å²) in [5, 5.41) is 0. The van der Waals surface area contributed by atoms with Crippen molar-refractivity contribution in [1.82, 2.24) is 0 Å². The summed E-state index contributed by atoms with van der Waals surface area (Å²) in [6, 6.07) is 61.3. The van der Waals surface area contributed by atoms with E-state index in [9.17, 15) is 0 Å². The Kier molecular flexibility index (Phi) is 7.14. The standard InChI is InChI=1S/C57H49N/c1-2-14-44-40(12-1)13-11-18-45(44)41-24-26-42(27-25-41)58(55-23-10-9-22-53(55)56-34-37-30-38(35-56)32-39(31-37)36-56)43-28-29-49-48-17-5-8-21-52(48)57(54(49)33-43)50-19-6-3-15-46(50)47-16-4-7-20-51(47)57/h3-11,13,15-29,33,37-39H,1-2,12,14,30-32,34-36H2. The summed E-state index contributed by atoms with van der Waals surface area (Å²) in [4.78, 5) is 2.65. The van der Waals surface area contributed by atoms with Gasteiger partial charge in [0.25, 0.3) is 0 Å². The zero-order valence-electron chi connectivity index (χ0n) is 33.3. The second-order valence-corrected chi connectivity index (χ2v) is 18.9. The minimum atomic E-state index is -0.378. The maximum atomic E-state index is 2.65. The van der Waals surface area contributed by atoms with Crippen molar-refractivity contribution in [2.24, 2.45) is 17.8 Å². The summed E-state index contributed by atoms with van der Waals surface area (Å²) < 4.78 is 0. The van der Waals surface area contributed by atoms with E-state index >= 15 is 0 Å². The molecule has 7 aliphatic carbocycles. The Labute approximate surface area is 343 Å². The highest BCUT2D eigenvalue weighted by molar-refractivity contribution is 5.96. The van der Waals surface area contributed by atoms with Crippen LogP contribution in [0.1, 0.15) is 90.3 Å². The maximum absolute atomic E-state index is 2.65. The highest BCUT2D eigenvalue weighted by atomic mass is 15.1. The molecule has 0 aromatic heterocycles. The molecule has 0 aliphatic heterocycles. The average Bonchev–Trinajstić information content (AvgIpc) is 3.73. The van der Waals surface area contributed by atoms with Crippen LogP contribution in [0.4, 0.5) is 17.1 Å². The van der Waals surface area contributed by atoms with E-state index in [4.69, 9.17) is 0 Å². The first-order valence-electron chi connectivity index (χ1n) is 22.2. The number of aryl methyl sites for hydroxylation is 1. The highest BCUT2D eigenvalue weighted by Crippen LogP contribution is 2.65. The van der Waals surface area contributed by atoms with E-state index in [2.05, 4.69) is 163 Å². The molecule has 4 fully saturated rings. The minimum absolute atomic E-state index is 0.254. The molecule has 0 amide bonds. The summed E-state index contributed by atoms with van der Waals surface area (Å²) in [7, 11) is 0. The van der Waals surface area contributed by atoms with Crippen LogP contribution >= 0.6 is 0 Å². The third kappa shape index (κ3) is 4.59. The molecule has 14 rings (SSSR count). The van der Waals surface area contributed by atoms with Gasteiger partial charge in [-0.05, 0) is 190 Å². The first-order chi connectivity index (χ1) is 28.7. The molecule has 282 valence electrons. The summed E-state index contributed by atoms with van der Waals surface area (Å²) in [6.07, 6.45) is 13.4. The lowest BCUT2D eigenvalue weighted by atomic mass is 9.48. The molecule has 0 heterocycles. The van der Waals surface area contributed by atoms with Crippen LogP contribution in [0.3, 0.4) is 0 Å². The summed E-state index contributed by atoms with van der Waals surface area (Å²) in [5.74, 6) is 2.64. The van der Waals surface area contributed by atoms with Gasteiger partial charge in [-0.3, -0.25) is 0 Å². The molecule has 0 unspecified atom stereocenters. The molecule has 0 N–H and O–H groups in total. The number of anilines is 3. The van der Waals surface area contributed by atoms with Crippen LogP contribution in [0.15, 0.2) is 158 Å². The maximum Gasteiger partial charge on any atom is 0.0726 e. The van der Waals surface area contributed by atoms with E-state index in [0.717, 1.165) is 17.8 Å². The van der Waals surface area contributed by atoms with Gasteiger partial charge in [-0.25, -0.2) is 0 Å². The topological polar surface area (TPSA) is 3.24 Å².